The molecule has 0 radical (unpaired) electrons. The fourth-order valence-electron chi connectivity index (χ4n) is 2.41. The number of thiazole rings is 1. The van der Waals surface area contributed by atoms with Crippen molar-refractivity contribution < 1.29 is 13.2 Å². The third kappa shape index (κ3) is 4.45. The van der Waals surface area contributed by atoms with Crippen LogP contribution < -0.4 is 5.32 Å². The summed E-state index contributed by atoms with van der Waals surface area (Å²) in [5.41, 5.74) is 1.94. The summed E-state index contributed by atoms with van der Waals surface area (Å²) in [4.78, 5) is 18.0. The van der Waals surface area contributed by atoms with E-state index < -0.39 is 10.0 Å². The number of sulfonamides is 1. The van der Waals surface area contributed by atoms with E-state index in [1.54, 1.807) is 30.4 Å². The number of hydrogen-bond acceptors (Lipinski definition) is 5. The van der Waals surface area contributed by atoms with Crippen LogP contribution in [0.5, 0.6) is 0 Å². The third-order valence-electron chi connectivity index (χ3n) is 3.85. The quantitative estimate of drug-likeness (QED) is 0.833. The van der Waals surface area contributed by atoms with Crippen LogP contribution in [0.2, 0.25) is 0 Å². The Kier molecular flexibility index (Phi) is 5.97. The van der Waals surface area contributed by atoms with Gasteiger partial charge in [0.2, 0.25) is 10.0 Å². The van der Waals surface area contributed by atoms with Gasteiger partial charge in [-0.3, -0.25) is 4.79 Å². The van der Waals surface area contributed by atoms with Gasteiger partial charge < -0.3 is 5.32 Å². The molecule has 0 unspecified atom stereocenters. The Hall–Kier alpha value is -1.77. The predicted molar refractivity (Wildman–Crippen MR) is 99.7 cm³/mol. The number of carbonyl (C=O) groups is 1. The molecule has 0 saturated carbocycles. The molecule has 0 aliphatic rings. The molecule has 0 saturated heterocycles. The first kappa shape index (κ1) is 19.6. The summed E-state index contributed by atoms with van der Waals surface area (Å²) in [5.74, 6) is -0.283. The standard InChI is InChI=1S/C17H23N3O3S2/c1-11-6-7-14(10-16(11)25(22,23)20(4)5)17(21)18-9-8-15-12(2)19-13(3)24-15/h6-7,10H,8-9H2,1-5H3,(H,18,21). The van der Waals surface area contributed by atoms with Crippen LogP contribution in [0.25, 0.3) is 0 Å². The lowest BCUT2D eigenvalue weighted by molar-refractivity contribution is 0.0954. The van der Waals surface area contributed by atoms with Gasteiger partial charge in [-0.15, -0.1) is 11.3 Å². The van der Waals surface area contributed by atoms with Crippen LogP contribution in [-0.2, 0) is 16.4 Å². The molecule has 1 N–H and O–H groups in total. The normalized spacial score (nSPS) is 11.8. The number of nitrogens with zero attached hydrogens (tertiary/aromatic N) is 2. The molecule has 0 aliphatic carbocycles. The van der Waals surface area contributed by atoms with Gasteiger partial charge in [0.05, 0.1) is 15.6 Å². The number of aryl methyl sites for hydroxylation is 3. The molecule has 0 atom stereocenters. The van der Waals surface area contributed by atoms with E-state index >= 15 is 0 Å². The van der Waals surface area contributed by atoms with Crippen molar-refractivity contribution >= 4 is 27.3 Å². The van der Waals surface area contributed by atoms with Crippen molar-refractivity contribution in [2.24, 2.45) is 0 Å². The zero-order valence-corrected chi connectivity index (χ0v) is 16.7. The maximum absolute atomic E-state index is 12.4. The van der Waals surface area contributed by atoms with Crippen molar-refractivity contribution in [1.82, 2.24) is 14.6 Å². The largest absolute Gasteiger partial charge is 0.352 e. The van der Waals surface area contributed by atoms with Crippen molar-refractivity contribution in [2.45, 2.75) is 32.1 Å². The Morgan fingerprint density at radius 3 is 2.48 bits per heavy atom. The Labute approximate surface area is 153 Å². The van der Waals surface area contributed by atoms with E-state index in [0.29, 0.717) is 24.1 Å². The topological polar surface area (TPSA) is 79.4 Å². The Morgan fingerprint density at radius 1 is 1.24 bits per heavy atom. The van der Waals surface area contributed by atoms with Gasteiger partial charge in [-0.2, -0.15) is 0 Å². The van der Waals surface area contributed by atoms with Crippen molar-refractivity contribution in [3.63, 3.8) is 0 Å². The van der Waals surface area contributed by atoms with Gasteiger partial charge in [0.1, 0.15) is 0 Å². The van der Waals surface area contributed by atoms with Crippen molar-refractivity contribution in [2.75, 3.05) is 20.6 Å². The zero-order valence-electron chi connectivity index (χ0n) is 15.1. The highest BCUT2D eigenvalue weighted by atomic mass is 32.2. The van der Waals surface area contributed by atoms with Crippen LogP contribution in [0, 0.1) is 20.8 Å². The molecular weight excluding hydrogens is 358 g/mol. The fraction of sp³-hybridized carbons (Fsp3) is 0.412. The second-order valence-corrected chi connectivity index (χ2v) is 9.42. The van der Waals surface area contributed by atoms with Crippen molar-refractivity contribution in [3.8, 4) is 0 Å². The molecule has 0 spiro atoms. The lowest BCUT2D eigenvalue weighted by atomic mass is 10.1. The molecule has 0 bridgehead atoms. The second kappa shape index (κ2) is 7.63. The molecule has 0 aliphatic heterocycles. The number of rotatable bonds is 6. The van der Waals surface area contributed by atoms with Gasteiger partial charge in [0.25, 0.3) is 5.91 Å². The molecule has 1 aromatic carbocycles. The maximum Gasteiger partial charge on any atom is 0.251 e. The van der Waals surface area contributed by atoms with Crippen LogP contribution >= 0.6 is 11.3 Å². The van der Waals surface area contributed by atoms with Crippen molar-refractivity contribution in [1.29, 1.82) is 0 Å². The van der Waals surface area contributed by atoms with Crippen LogP contribution in [0.1, 0.15) is 31.5 Å². The lowest BCUT2D eigenvalue weighted by Crippen LogP contribution is -2.27. The summed E-state index contributed by atoms with van der Waals surface area (Å²) in [6, 6.07) is 4.73. The zero-order chi connectivity index (χ0) is 18.8. The fourth-order valence-corrected chi connectivity index (χ4v) is 4.49. The van der Waals surface area contributed by atoms with Crippen molar-refractivity contribution in [3.05, 3.63) is 44.9 Å². The average Bonchev–Trinajstić information content (AvgIpc) is 2.85. The lowest BCUT2D eigenvalue weighted by Gasteiger charge is -2.14. The molecule has 2 aromatic rings. The Bertz CT molecular complexity index is 887. The Balaban J connectivity index is 2.11. The number of carbonyl (C=O) groups excluding carboxylic acids is 1. The molecule has 1 amide bonds. The third-order valence-corrected chi connectivity index (χ3v) is 6.94. The van der Waals surface area contributed by atoms with Gasteiger partial charge >= 0.3 is 0 Å². The number of hydrogen-bond donors (Lipinski definition) is 1. The summed E-state index contributed by atoms with van der Waals surface area (Å²) in [6.07, 6.45) is 0.706. The SMILES string of the molecule is Cc1nc(C)c(CCNC(=O)c2ccc(C)c(S(=O)(=O)N(C)C)c2)s1. The minimum Gasteiger partial charge on any atom is -0.352 e. The van der Waals surface area contributed by atoms with E-state index in [2.05, 4.69) is 10.3 Å². The van der Waals surface area contributed by atoms with E-state index in [4.69, 9.17) is 0 Å². The molecule has 1 aromatic heterocycles. The highest BCUT2D eigenvalue weighted by molar-refractivity contribution is 7.89. The number of aromatic nitrogens is 1. The minimum atomic E-state index is -3.58. The first-order valence-corrected chi connectivity index (χ1v) is 10.1. The van der Waals surface area contributed by atoms with E-state index in [1.165, 1.54) is 20.2 Å². The second-order valence-electron chi connectivity index (χ2n) is 6.02. The number of amides is 1. The van der Waals surface area contributed by atoms with E-state index in [1.807, 2.05) is 13.8 Å². The van der Waals surface area contributed by atoms with E-state index in [0.717, 1.165) is 19.9 Å². The minimum absolute atomic E-state index is 0.152. The van der Waals surface area contributed by atoms with Gasteiger partial charge in [0.15, 0.2) is 0 Å². The average molecular weight is 382 g/mol. The van der Waals surface area contributed by atoms with E-state index in [9.17, 15) is 13.2 Å². The molecule has 2 rings (SSSR count). The van der Waals surface area contributed by atoms with Crippen LogP contribution in [0.15, 0.2) is 23.1 Å². The molecule has 136 valence electrons. The van der Waals surface area contributed by atoms with E-state index in [-0.39, 0.29) is 10.8 Å². The van der Waals surface area contributed by atoms with Gasteiger partial charge in [0, 0.05) is 37.5 Å². The number of benzene rings is 1. The molecule has 1 heterocycles. The van der Waals surface area contributed by atoms with Gasteiger partial charge in [-0.05, 0) is 38.5 Å². The summed E-state index contributed by atoms with van der Waals surface area (Å²) >= 11 is 1.63. The predicted octanol–water partition coefficient (Wildman–Crippen LogP) is 2.29. The molecule has 25 heavy (non-hydrogen) atoms. The van der Waals surface area contributed by atoms with Crippen LogP contribution in [-0.4, -0.2) is 44.3 Å². The monoisotopic (exact) mass is 381 g/mol. The van der Waals surface area contributed by atoms with Gasteiger partial charge in [-0.1, -0.05) is 6.07 Å². The molecular formula is C17H23N3O3S2. The maximum atomic E-state index is 12.4. The summed E-state index contributed by atoms with van der Waals surface area (Å²) < 4.78 is 25.9. The molecule has 6 nitrogen and oxygen atoms in total. The summed E-state index contributed by atoms with van der Waals surface area (Å²) in [6.45, 7) is 6.11. The first-order chi connectivity index (χ1) is 11.6. The molecule has 8 heteroatoms. The highest BCUT2D eigenvalue weighted by Crippen LogP contribution is 2.20. The van der Waals surface area contributed by atoms with Gasteiger partial charge in [-0.25, -0.2) is 17.7 Å². The number of nitrogens with one attached hydrogen (secondary N) is 1. The smallest absolute Gasteiger partial charge is 0.251 e. The summed E-state index contributed by atoms with van der Waals surface area (Å²) in [5, 5.41) is 3.85. The first-order valence-electron chi connectivity index (χ1n) is 7.87. The summed E-state index contributed by atoms with van der Waals surface area (Å²) in [7, 11) is -0.637. The highest BCUT2D eigenvalue weighted by Gasteiger charge is 2.21. The molecule has 0 fully saturated rings. The van der Waals surface area contributed by atoms with Crippen LogP contribution in [0.4, 0.5) is 0 Å². The Morgan fingerprint density at radius 2 is 1.92 bits per heavy atom. The van der Waals surface area contributed by atoms with Crippen LogP contribution in [0.3, 0.4) is 0 Å².